The van der Waals surface area contributed by atoms with E-state index in [4.69, 9.17) is 9.47 Å². The number of rotatable bonds is 35. The molecule has 4 heteroatoms. The molecule has 0 aliphatic heterocycles. The van der Waals surface area contributed by atoms with Crippen molar-refractivity contribution in [3.8, 4) is 0 Å². The van der Waals surface area contributed by atoms with E-state index in [0.717, 1.165) is 103 Å². The predicted octanol–water partition coefficient (Wildman–Crippen LogP) is 13.6. The molecule has 0 aromatic heterocycles. The lowest BCUT2D eigenvalue weighted by molar-refractivity contribution is -0.154. The molecule has 1 N–H and O–H groups in total. The zero-order valence-corrected chi connectivity index (χ0v) is 33.5. The molecule has 0 aromatic carbocycles. The Morgan fingerprint density at radius 2 is 0.792 bits per heavy atom. The summed E-state index contributed by atoms with van der Waals surface area (Å²) >= 11 is 0. The van der Waals surface area contributed by atoms with Crippen LogP contribution in [0.3, 0.4) is 0 Å². The van der Waals surface area contributed by atoms with Crippen LogP contribution >= 0.6 is 0 Å². The van der Waals surface area contributed by atoms with Gasteiger partial charge in [0.1, 0.15) is 6.10 Å². The summed E-state index contributed by atoms with van der Waals surface area (Å²) in [6, 6.07) is 0. The number of allylic oxidation sites excluding steroid dienone is 24. The molecule has 0 fully saturated rings. The Morgan fingerprint density at radius 3 is 1.15 bits per heavy atom. The summed E-state index contributed by atoms with van der Waals surface area (Å²) in [6.45, 7) is 4.92. The van der Waals surface area contributed by atoms with E-state index >= 15 is 0 Å². The normalized spacial score (nSPS) is 13.9. The average molecular weight is 727 g/mol. The molecule has 0 rings (SSSR count). The van der Waals surface area contributed by atoms with Gasteiger partial charge in [-0.15, -0.1) is 0 Å². The summed E-state index contributed by atoms with van der Waals surface area (Å²) in [5.41, 5.74) is 0. The molecule has 1 atom stereocenters. The summed E-state index contributed by atoms with van der Waals surface area (Å²) in [6.07, 6.45) is 69.1. The summed E-state index contributed by atoms with van der Waals surface area (Å²) < 4.78 is 11.0. The van der Waals surface area contributed by atoms with Gasteiger partial charge in [0.2, 0.25) is 0 Å². The van der Waals surface area contributed by atoms with Gasteiger partial charge in [-0.2, -0.15) is 0 Å². The van der Waals surface area contributed by atoms with E-state index < -0.39 is 6.10 Å². The van der Waals surface area contributed by atoms with Crippen LogP contribution in [0.2, 0.25) is 0 Å². The van der Waals surface area contributed by atoms with Crippen molar-refractivity contribution >= 4 is 5.97 Å². The van der Waals surface area contributed by atoms with E-state index in [-0.39, 0.29) is 19.2 Å². The van der Waals surface area contributed by atoms with Crippen LogP contribution in [-0.4, -0.2) is 37.0 Å². The van der Waals surface area contributed by atoms with Crippen molar-refractivity contribution in [2.45, 2.75) is 136 Å². The number of esters is 1. The minimum atomic E-state index is -0.605. The summed E-state index contributed by atoms with van der Waals surface area (Å²) in [5.74, 6) is -0.302. The maximum atomic E-state index is 12.2. The quantitative estimate of drug-likeness (QED) is 0.0401. The van der Waals surface area contributed by atoms with Gasteiger partial charge in [-0.05, 0) is 103 Å². The van der Waals surface area contributed by atoms with Crippen molar-refractivity contribution in [3.05, 3.63) is 146 Å². The van der Waals surface area contributed by atoms with Crippen molar-refractivity contribution < 1.29 is 19.4 Å². The Bertz CT molecular complexity index is 1170. The molecule has 0 aliphatic carbocycles. The van der Waals surface area contributed by atoms with Gasteiger partial charge in [0.05, 0.1) is 13.2 Å². The molecule has 0 saturated carbocycles. The van der Waals surface area contributed by atoms with Gasteiger partial charge in [0.15, 0.2) is 0 Å². The van der Waals surface area contributed by atoms with E-state index in [9.17, 15) is 9.90 Å². The van der Waals surface area contributed by atoms with Crippen LogP contribution in [0.5, 0.6) is 0 Å². The molecule has 0 saturated heterocycles. The highest BCUT2D eigenvalue weighted by Crippen LogP contribution is 2.05. The fraction of sp³-hybridized carbons (Fsp3) is 0.490. The molecule has 1 unspecified atom stereocenters. The Kier molecular flexibility index (Phi) is 41.3. The van der Waals surface area contributed by atoms with Crippen LogP contribution < -0.4 is 0 Å². The highest BCUT2D eigenvalue weighted by Gasteiger charge is 2.13. The third kappa shape index (κ3) is 42.6. The SMILES string of the molecule is CC/C=C\C/C=C\C/C=C\C/C=C\C/C=C\C/C=C\CCCCCOCC(CO)OC(=O)CC/C=C\C/C=C\C/C=C\C/C=C\C/C=C\C/C=C\CC. The van der Waals surface area contributed by atoms with Crippen LogP contribution in [0.1, 0.15) is 129 Å². The third-order valence-corrected chi connectivity index (χ3v) is 7.67. The lowest BCUT2D eigenvalue weighted by Gasteiger charge is -2.15. The van der Waals surface area contributed by atoms with Crippen LogP contribution in [0, 0.1) is 0 Å². The molecule has 4 nitrogen and oxygen atoms in total. The number of hydrogen-bond acceptors (Lipinski definition) is 4. The third-order valence-electron chi connectivity index (χ3n) is 7.67. The van der Waals surface area contributed by atoms with Crippen LogP contribution in [0.25, 0.3) is 0 Å². The highest BCUT2D eigenvalue weighted by atomic mass is 16.6. The lowest BCUT2D eigenvalue weighted by atomic mass is 10.2. The van der Waals surface area contributed by atoms with Crippen LogP contribution in [0.4, 0.5) is 0 Å². The second kappa shape index (κ2) is 44.4. The second-order valence-corrected chi connectivity index (χ2v) is 12.6. The van der Waals surface area contributed by atoms with Crippen molar-refractivity contribution in [3.63, 3.8) is 0 Å². The molecule has 0 aromatic rings. The first kappa shape index (κ1) is 49.3. The van der Waals surface area contributed by atoms with E-state index in [1.165, 1.54) is 0 Å². The average Bonchev–Trinajstić information content (AvgIpc) is 3.16. The van der Waals surface area contributed by atoms with Gasteiger partial charge in [-0.1, -0.05) is 166 Å². The first-order chi connectivity index (χ1) is 26.2. The fourth-order valence-corrected chi connectivity index (χ4v) is 4.71. The number of aliphatic hydroxyl groups is 1. The maximum Gasteiger partial charge on any atom is 0.306 e. The molecular formula is C49H74O4. The van der Waals surface area contributed by atoms with Crippen LogP contribution in [0.15, 0.2) is 146 Å². The molecule has 0 spiro atoms. The minimum absolute atomic E-state index is 0.228. The number of carbonyl (C=O) groups excluding carboxylic acids is 1. The molecule has 0 amide bonds. The van der Waals surface area contributed by atoms with Crippen molar-refractivity contribution in [1.82, 2.24) is 0 Å². The maximum absolute atomic E-state index is 12.2. The van der Waals surface area contributed by atoms with Gasteiger partial charge in [0, 0.05) is 13.0 Å². The Balaban J connectivity index is 3.72. The summed E-state index contributed by atoms with van der Waals surface area (Å²) in [7, 11) is 0. The summed E-state index contributed by atoms with van der Waals surface area (Å²) in [5, 5.41) is 9.58. The molecule has 53 heavy (non-hydrogen) atoms. The lowest BCUT2D eigenvalue weighted by Crippen LogP contribution is -2.27. The van der Waals surface area contributed by atoms with Gasteiger partial charge >= 0.3 is 5.97 Å². The van der Waals surface area contributed by atoms with Gasteiger partial charge in [-0.25, -0.2) is 0 Å². The minimum Gasteiger partial charge on any atom is -0.457 e. The molecule has 0 aliphatic rings. The second-order valence-electron chi connectivity index (χ2n) is 12.6. The molecule has 0 heterocycles. The summed E-state index contributed by atoms with van der Waals surface area (Å²) in [4.78, 5) is 12.2. The molecule has 294 valence electrons. The Morgan fingerprint density at radius 1 is 0.453 bits per heavy atom. The largest absolute Gasteiger partial charge is 0.457 e. The number of aliphatic hydroxyl groups excluding tert-OH is 1. The topological polar surface area (TPSA) is 55.8 Å². The fourth-order valence-electron chi connectivity index (χ4n) is 4.71. The van der Waals surface area contributed by atoms with E-state index in [0.29, 0.717) is 19.4 Å². The van der Waals surface area contributed by atoms with Gasteiger partial charge in [0.25, 0.3) is 0 Å². The zero-order chi connectivity index (χ0) is 38.4. The number of unbranched alkanes of at least 4 members (excludes halogenated alkanes) is 3. The van der Waals surface area contributed by atoms with E-state index in [2.05, 4.69) is 154 Å². The first-order valence-corrected chi connectivity index (χ1v) is 20.4. The van der Waals surface area contributed by atoms with E-state index in [1.807, 2.05) is 6.08 Å². The molecule has 0 bridgehead atoms. The monoisotopic (exact) mass is 727 g/mol. The Labute approximate surface area is 325 Å². The first-order valence-electron chi connectivity index (χ1n) is 20.4. The number of carbonyl (C=O) groups is 1. The van der Waals surface area contributed by atoms with Crippen molar-refractivity contribution in [2.24, 2.45) is 0 Å². The smallest absolute Gasteiger partial charge is 0.306 e. The number of hydrogen-bond donors (Lipinski definition) is 1. The van der Waals surface area contributed by atoms with Gasteiger partial charge < -0.3 is 14.6 Å². The van der Waals surface area contributed by atoms with Crippen LogP contribution in [-0.2, 0) is 14.3 Å². The number of ether oxygens (including phenoxy) is 2. The Hall–Kier alpha value is -3.73. The van der Waals surface area contributed by atoms with Gasteiger partial charge in [-0.3, -0.25) is 4.79 Å². The zero-order valence-electron chi connectivity index (χ0n) is 33.5. The van der Waals surface area contributed by atoms with Crippen molar-refractivity contribution in [1.29, 1.82) is 0 Å². The van der Waals surface area contributed by atoms with Crippen molar-refractivity contribution in [2.75, 3.05) is 19.8 Å². The molecule has 0 radical (unpaired) electrons. The highest BCUT2D eigenvalue weighted by molar-refractivity contribution is 5.69. The predicted molar refractivity (Wildman–Crippen MR) is 232 cm³/mol. The van der Waals surface area contributed by atoms with E-state index in [1.54, 1.807) is 0 Å². The molecular weight excluding hydrogens is 653 g/mol. The standard InChI is InChI=1S/C49H74O4/c1-3-5-7-9-11-13-15-17-19-21-23-24-25-27-29-31-33-35-37-39-41-43-45-52-47-48(46-50)53-49(51)44-42-40-38-36-34-32-30-28-26-22-20-18-16-14-12-10-8-6-4-2/h5-8,11-14,17-20,23-24,26-29,32-35,38,40,48,50H,3-4,9-10,15-16,21-22,25,30-31,36-37,39,41-47H2,1-2H3/b7-5-,8-6-,13-11-,14-12-,19-17-,20-18-,24-23-,28-26-,29-27-,34-32-,35-33-,40-38-.